The quantitative estimate of drug-likeness (QED) is 0.847. The number of halogens is 1. The van der Waals surface area contributed by atoms with Gasteiger partial charge in [0.25, 0.3) is 0 Å². The third-order valence-electron chi connectivity index (χ3n) is 3.24. The number of rotatable bonds is 7. The van der Waals surface area contributed by atoms with E-state index >= 15 is 0 Å². The molecule has 1 N–H and O–H groups in total. The molecule has 0 bridgehead atoms. The predicted molar refractivity (Wildman–Crippen MR) is 84.4 cm³/mol. The van der Waals surface area contributed by atoms with Crippen LogP contribution in [-0.4, -0.2) is 27.2 Å². The van der Waals surface area contributed by atoms with Crippen molar-refractivity contribution in [1.29, 1.82) is 0 Å². The van der Waals surface area contributed by atoms with Crippen LogP contribution in [0.3, 0.4) is 0 Å². The molecule has 0 aliphatic heterocycles. The number of ether oxygens (including phenoxy) is 1. The number of likely N-dealkylation sites (N-methyl/N-ethyl adjacent to an activating group) is 1. The number of hydrogen-bond donors (Lipinski definition) is 1. The van der Waals surface area contributed by atoms with Crippen molar-refractivity contribution in [3.8, 4) is 5.75 Å². The maximum Gasteiger partial charge on any atom is 0.123 e. The minimum absolute atomic E-state index is 0.218. The van der Waals surface area contributed by atoms with Crippen molar-refractivity contribution < 1.29 is 9.13 Å². The fourth-order valence-corrected chi connectivity index (χ4v) is 2.07. The third kappa shape index (κ3) is 4.76. The Bertz CT molecular complexity index is 557. The Balaban J connectivity index is 1.83. The second-order valence-corrected chi connectivity index (χ2v) is 4.92. The molecule has 0 amide bonds. The summed E-state index contributed by atoms with van der Waals surface area (Å²) in [7, 11) is 3.89. The number of nitrogens with zero attached hydrogens (tertiary/aromatic N) is 1. The maximum absolute atomic E-state index is 12.9. The van der Waals surface area contributed by atoms with E-state index in [2.05, 4.69) is 11.4 Å². The molecule has 0 spiro atoms. The van der Waals surface area contributed by atoms with Crippen molar-refractivity contribution in [1.82, 2.24) is 5.32 Å². The van der Waals surface area contributed by atoms with Crippen molar-refractivity contribution in [3.05, 3.63) is 59.9 Å². The van der Waals surface area contributed by atoms with Gasteiger partial charge in [-0.3, -0.25) is 0 Å². The zero-order chi connectivity index (χ0) is 15.1. The molecule has 4 heteroatoms. The van der Waals surface area contributed by atoms with Gasteiger partial charge in [0.1, 0.15) is 18.2 Å². The van der Waals surface area contributed by atoms with E-state index in [1.54, 1.807) is 12.1 Å². The molecule has 0 aromatic heterocycles. The predicted octanol–water partition coefficient (Wildman–Crippen LogP) is 3.06. The lowest BCUT2D eigenvalue weighted by atomic mass is 10.2. The van der Waals surface area contributed by atoms with Crippen LogP contribution >= 0.6 is 0 Å². The van der Waals surface area contributed by atoms with Crippen LogP contribution in [0.25, 0.3) is 0 Å². The Morgan fingerprint density at radius 1 is 1.14 bits per heavy atom. The van der Waals surface area contributed by atoms with Crippen molar-refractivity contribution in [2.45, 2.75) is 6.54 Å². The van der Waals surface area contributed by atoms with E-state index in [1.807, 2.05) is 37.2 Å². The SMILES string of the molecule is CNCc1cccc(OCCN(C)c2ccc(F)cc2)c1. The van der Waals surface area contributed by atoms with Gasteiger partial charge in [-0.15, -0.1) is 0 Å². The van der Waals surface area contributed by atoms with Gasteiger partial charge in [0, 0.05) is 19.3 Å². The minimum atomic E-state index is -0.218. The summed E-state index contributed by atoms with van der Waals surface area (Å²) in [6.07, 6.45) is 0. The zero-order valence-corrected chi connectivity index (χ0v) is 12.5. The summed E-state index contributed by atoms with van der Waals surface area (Å²) in [6.45, 7) is 2.14. The summed E-state index contributed by atoms with van der Waals surface area (Å²) in [5.74, 6) is 0.653. The van der Waals surface area contributed by atoms with E-state index in [0.29, 0.717) is 6.61 Å². The van der Waals surface area contributed by atoms with Gasteiger partial charge in [-0.1, -0.05) is 12.1 Å². The highest BCUT2D eigenvalue weighted by molar-refractivity contribution is 5.45. The van der Waals surface area contributed by atoms with Crippen molar-refractivity contribution in [2.75, 3.05) is 32.1 Å². The first-order valence-corrected chi connectivity index (χ1v) is 7.02. The zero-order valence-electron chi connectivity index (χ0n) is 12.5. The fourth-order valence-electron chi connectivity index (χ4n) is 2.07. The van der Waals surface area contributed by atoms with Gasteiger partial charge in [0.05, 0.1) is 6.54 Å². The van der Waals surface area contributed by atoms with Crippen LogP contribution in [0.2, 0.25) is 0 Å². The highest BCUT2D eigenvalue weighted by Gasteiger charge is 2.02. The van der Waals surface area contributed by atoms with Crippen LogP contribution in [0.1, 0.15) is 5.56 Å². The molecular formula is C17H21FN2O. The molecule has 2 aromatic rings. The molecule has 0 radical (unpaired) electrons. The lowest BCUT2D eigenvalue weighted by Gasteiger charge is -2.19. The second-order valence-electron chi connectivity index (χ2n) is 4.92. The van der Waals surface area contributed by atoms with Gasteiger partial charge in [-0.2, -0.15) is 0 Å². The number of hydrogen-bond acceptors (Lipinski definition) is 3. The first-order valence-electron chi connectivity index (χ1n) is 7.02. The van der Waals surface area contributed by atoms with Crippen LogP contribution in [0.5, 0.6) is 5.75 Å². The van der Waals surface area contributed by atoms with E-state index in [9.17, 15) is 4.39 Å². The monoisotopic (exact) mass is 288 g/mol. The first-order chi connectivity index (χ1) is 10.2. The van der Waals surface area contributed by atoms with Crippen molar-refractivity contribution in [3.63, 3.8) is 0 Å². The average Bonchev–Trinajstić information content (AvgIpc) is 2.48. The van der Waals surface area contributed by atoms with Gasteiger partial charge in [-0.25, -0.2) is 4.39 Å². The lowest BCUT2D eigenvalue weighted by Crippen LogP contribution is -2.23. The van der Waals surface area contributed by atoms with E-state index in [1.165, 1.54) is 17.7 Å². The van der Waals surface area contributed by atoms with Gasteiger partial charge in [0.15, 0.2) is 0 Å². The highest BCUT2D eigenvalue weighted by Crippen LogP contribution is 2.15. The summed E-state index contributed by atoms with van der Waals surface area (Å²) >= 11 is 0. The molecule has 0 aliphatic carbocycles. The first kappa shape index (κ1) is 15.3. The van der Waals surface area contributed by atoms with Crippen LogP contribution in [0.4, 0.5) is 10.1 Å². The second kappa shape index (κ2) is 7.64. The molecule has 112 valence electrons. The van der Waals surface area contributed by atoms with Crippen LogP contribution in [0.15, 0.2) is 48.5 Å². The molecule has 0 saturated heterocycles. The normalized spacial score (nSPS) is 10.4. The summed E-state index contributed by atoms with van der Waals surface area (Å²) < 4.78 is 18.6. The van der Waals surface area contributed by atoms with Crippen LogP contribution in [0, 0.1) is 5.82 Å². The standard InChI is InChI=1S/C17H21FN2O/c1-19-13-14-4-3-5-17(12-14)21-11-10-20(2)16-8-6-15(18)7-9-16/h3-9,12,19H,10-11,13H2,1-2H3. The number of benzene rings is 2. The third-order valence-corrected chi connectivity index (χ3v) is 3.24. The Hall–Kier alpha value is -2.07. The number of nitrogens with one attached hydrogen (secondary N) is 1. The van der Waals surface area contributed by atoms with Gasteiger partial charge in [0.2, 0.25) is 0 Å². The van der Waals surface area contributed by atoms with Crippen molar-refractivity contribution >= 4 is 5.69 Å². The molecule has 0 unspecified atom stereocenters. The number of anilines is 1. The highest BCUT2D eigenvalue weighted by atomic mass is 19.1. The molecule has 0 heterocycles. The largest absolute Gasteiger partial charge is 0.492 e. The van der Waals surface area contributed by atoms with E-state index < -0.39 is 0 Å². The topological polar surface area (TPSA) is 24.5 Å². The van der Waals surface area contributed by atoms with Gasteiger partial charge in [-0.05, 0) is 49.0 Å². The molecule has 3 nitrogen and oxygen atoms in total. The van der Waals surface area contributed by atoms with Gasteiger partial charge >= 0.3 is 0 Å². The smallest absolute Gasteiger partial charge is 0.123 e. The molecular weight excluding hydrogens is 267 g/mol. The lowest BCUT2D eigenvalue weighted by molar-refractivity contribution is 0.325. The molecule has 2 rings (SSSR count). The minimum Gasteiger partial charge on any atom is -0.492 e. The Morgan fingerprint density at radius 2 is 1.90 bits per heavy atom. The average molecular weight is 288 g/mol. The maximum atomic E-state index is 12.9. The van der Waals surface area contributed by atoms with E-state index in [-0.39, 0.29) is 5.82 Å². The Kier molecular flexibility index (Phi) is 5.58. The Morgan fingerprint density at radius 3 is 2.62 bits per heavy atom. The molecule has 0 saturated carbocycles. The van der Waals surface area contributed by atoms with E-state index in [0.717, 1.165) is 24.5 Å². The summed E-state index contributed by atoms with van der Waals surface area (Å²) in [5, 5.41) is 3.12. The van der Waals surface area contributed by atoms with Gasteiger partial charge < -0.3 is 15.0 Å². The summed E-state index contributed by atoms with van der Waals surface area (Å²) in [5.41, 5.74) is 2.17. The van der Waals surface area contributed by atoms with Crippen LogP contribution < -0.4 is 15.0 Å². The molecule has 2 aromatic carbocycles. The van der Waals surface area contributed by atoms with E-state index in [4.69, 9.17) is 4.74 Å². The summed E-state index contributed by atoms with van der Waals surface area (Å²) in [6, 6.07) is 14.5. The molecule has 0 fully saturated rings. The molecule has 0 aliphatic rings. The van der Waals surface area contributed by atoms with Crippen molar-refractivity contribution in [2.24, 2.45) is 0 Å². The Labute approximate surface area is 125 Å². The molecule has 21 heavy (non-hydrogen) atoms. The van der Waals surface area contributed by atoms with Crippen LogP contribution in [-0.2, 0) is 6.54 Å². The molecule has 0 atom stereocenters. The fraction of sp³-hybridized carbons (Fsp3) is 0.294. The summed E-state index contributed by atoms with van der Waals surface area (Å²) in [4.78, 5) is 2.04.